The molecule has 0 spiro atoms. The molecule has 11 heteroatoms. The summed E-state index contributed by atoms with van der Waals surface area (Å²) in [5, 5.41) is 79.4. The Morgan fingerprint density at radius 1 is 0.833 bits per heavy atom. The minimum Gasteiger partial charge on any atom is -0.507 e. The molecule has 5 atom stereocenters. The van der Waals surface area contributed by atoms with Crippen molar-refractivity contribution in [3.8, 4) is 23.0 Å². The van der Waals surface area contributed by atoms with Crippen molar-refractivity contribution in [2.45, 2.75) is 30.5 Å². The second-order valence-corrected chi connectivity index (χ2v) is 7.05. The number of hydrogen-bond acceptors (Lipinski definition) is 11. The fraction of sp³-hybridized carbons (Fsp3) is 0.316. The third-order valence-electron chi connectivity index (χ3n) is 5.23. The summed E-state index contributed by atoms with van der Waals surface area (Å²) in [6, 6.07) is 2.90. The van der Waals surface area contributed by atoms with Gasteiger partial charge in [0.05, 0.1) is 17.6 Å². The quantitative estimate of drug-likeness (QED) is 0.191. The molecule has 2 aromatic carbocycles. The van der Waals surface area contributed by atoms with Gasteiger partial charge in [0.15, 0.2) is 11.5 Å². The fourth-order valence-corrected chi connectivity index (χ4v) is 3.64. The van der Waals surface area contributed by atoms with Gasteiger partial charge in [-0.05, 0) is 6.07 Å². The van der Waals surface area contributed by atoms with Crippen LogP contribution in [0.25, 0.3) is 21.9 Å². The first-order valence-electron chi connectivity index (χ1n) is 8.83. The fourth-order valence-electron chi connectivity index (χ4n) is 3.64. The van der Waals surface area contributed by atoms with Crippen molar-refractivity contribution in [1.82, 2.24) is 0 Å². The molecule has 3 aromatic rings. The summed E-state index contributed by atoms with van der Waals surface area (Å²) in [7, 11) is 0. The van der Waals surface area contributed by atoms with E-state index in [1.54, 1.807) is 0 Å². The number of phenols is 4. The van der Waals surface area contributed by atoms with Crippen molar-refractivity contribution in [3.05, 3.63) is 34.0 Å². The number of fused-ring (bicyclic) bond motifs is 2. The maximum Gasteiger partial charge on any atom is 0.204 e. The van der Waals surface area contributed by atoms with Crippen LogP contribution in [0.3, 0.4) is 0 Å². The molecular formula is C19H18O11. The van der Waals surface area contributed by atoms with E-state index in [9.17, 15) is 45.6 Å². The molecule has 2 heterocycles. The van der Waals surface area contributed by atoms with Crippen LogP contribution in [-0.2, 0) is 4.74 Å². The standard InChI is InChI=1S/C19H18O11/c20-4-11-15(25)17(27)18(28)19(30-11)12-8(23)3-10-13(16(12)26)14(24)5-1-6(21)7(22)2-9(5)29-10/h1-3,11,15,17-23,25-28H,4H2/t11-,15-,17-,18-,19-/m1/s1. The van der Waals surface area contributed by atoms with E-state index in [1.165, 1.54) is 0 Å². The highest BCUT2D eigenvalue weighted by Crippen LogP contribution is 2.45. The average Bonchev–Trinajstić information content (AvgIpc) is 2.69. The number of aliphatic hydroxyl groups excluding tert-OH is 4. The zero-order valence-corrected chi connectivity index (χ0v) is 15.1. The molecular weight excluding hydrogens is 404 g/mol. The zero-order chi connectivity index (χ0) is 21.9. The highest BCUT2D eigenvalue weighted by molar-refractivity contribution is 5.96. The van der Waals surface area contributed by atoms with Gasteiger partial charge in [-0.3, -0.25) is 4.79 Å². The van der Waals surface area contributed by atoms with Crippen molar-refractivity contribution in [1.29, 1.82) is 0 Å². The van der Waals surface area contributed by atoms with E-state index in [2.05, 4.69) is 0 Å². The highest BCUT2D eigenvalue weighted by Gasteiger charge is 2.46. The minimum atomic E-state index is -1.81. The average molecular weight is 422 g/mol. The van der Waals surface area contributed by atoms with Crippen molar-refractivity contribution < 1.29 is 50.0 Å². The van der Waals surface area contributed by atoms with E-state index in [4.69, 9.17) is 9.15 Å². The number of ether oxygens (including phenoxy) is 1. The number of aromatic hydroxyl groups is 4. The van der Waals surface area contributed by atoms with E-state index in [1.807, 2.05) is 0 Å². The summed E-state index contributed by atoms with van der Waals surface area (Å²) < 4.78 is 10.8. The van der Waals surface area contributed by atoms with Crippen molar-refractivity contribution in [3.63, 3.8) is 0 Å². The van der Waals surface area contributed by atoms with E-state index in [-0.39, 0.29) is 16.6 Å². The van der Waals surface area contributed by atoms with Crippen molar-refractivity contribution in [2.75, 3.05) is 6.61 Å². The predicted molar refractivity (Wildman–Crippen MR) is 99.4 cm³/mol. The van der Waals surface area contributed by atoms with Crippen LogP contribution in [-0.4, -0.2) is 71.9 Å². The Morgan fingerprint density at radius 2 is 1.47 bits per heavy atom. The second kappa shape index (κ2) is 7.00. The molecule has 0 amide bonds. The molecule has 1 aliphatic rings. The summed E-state index contributed by atoms with van der Waals surface area (Å²) in [5.74, 6) is -2.62. The molecule has 1 saturated heterocycles. The third-order valence-corrected chi connectivity index (χ3v) is 5.23. The Labute approximate surface area is 166 Å². The Hall–Kier alpha value is -3.09. The summed E-state index contributed by atoms with van der Waals surface area (Å²) in [4.78, 5) is 12.9. The van der Waals surface area contributed by atoms with Crippen LogP contribution < -0.4 is 5.43 Å². The maximum absolute atomic E-state index is 12.9. The van der Waals surface area contributed by atoms with Gasteiger partial charge in [0, 0.05) is 12.1 Å². The van der Waals surface area contributed by atoms with Gasteiger partial charge in [0.25, 0.3) is 0 Å². The molecule has 0 bridgehead atoms. The second-order valence-electron chi connectivity index (χ2n) is 7.05. The SMILES string of the molecule is O=c1c2cc(O)c(O)cc2oc2cc(O)c([C@H]3O[C@H](CO)[C@@H](O)[C@@H](O)[C@H]3O)c(O)c12. The van der Waals surface area contributed by atoms with E-state index in [0.29, 0.717) is 0 Å². The molecule has 1 fully saturated rings. The van der Waals surface area contributed by atoms with Crippen LogP contribution in [0.15, 0.2) is 27.4 Å². The summed E-state index contributed by atoms with van der Waals surface area (Å²) in [6.45, 7) is -0.730. The number of hydrogen-bond donors (Lipinski definition) is 8. The Bertz CT molecular complexity index is 1200. The Morgan fingerprint density at radius 3 is 2.13 bits per heavy atom. The van der Waals surface area contributed by atoms with Crippen LogP contribution in [0.4, 0.5) is 0 Å². The lowest BCUT2D eigenvalue weighted by Crippen LogP contribution is -2.55. The van der Waals surface area contributed by atoms with Crippen molar-refractivity contribution >= 4 is 21.9 Å². The number of aliphatic hydroxyl groups is 4. The molecule has 0 saturated carbocycles. The zero-order valence-electron chi connectivity index (χ0n) is 15.1. The number of phenolic OH excluding ortho intramolecular Hbond substituents is 4. The van der Waals surface area contributed by atoms with E-state index >= 15 is 0 Å². The maximum atomic E-state index is 12.9. The topological polar surface area (TPSA) is 201 Å². The summed E-state index contributed by atoms with van der Waals surface area (Å²) >= 11 is 0. The van der Waals surface area contributed by atoms with Crippen LogP contribution in [0.1, 0.15) is 11.7 Å². The lowest BCUT2D eigenvalue weighted by molar-refractivity contribution is -0.232. The Balaban J connectivity index is 1.98. The molecule has 11 nitrogen and oxygen atoms in total. The van der Waals surface area contributed by atoms with Crippen LogP contribution >= 0.6 is 0 Å². The van der Waals surface area contributed by atoms with E-state index < -0.39 is 76.5 Å². The van der Waals surface area contributed by atoms with Crippen LogP contribution in [0.5, 0.6) is 23.0 Å². The monoisotopic (exact) mass is 422 g/mol. The molecule has 4 rings (SSSR count). The molecule has 160 valence electrons. The molecule has 0 radical (unpaired) electrons. The minimum absolute atomic E-state index is 0.123. The van der Waals surface area contributed by atoms with Gasteiger partial charge >= 0.3 is 0 Å². The Kier molecular flexibility index (Phi) is 4.71. The third kappa shape index (κ3) is 2.83. The first-order valence-corrected chi connectivity index (χ1v) is 8.83. The van der Waals surface area contributed by atoms with Crippen LogP contribution in [0, 0.1) is 0 Å². The van der Waals surface area contributed by atoms with Gasteiger partial charge in [-0.25, -0.2) is 0 Å². The molecule has 1 aliphatic heterocycles. The molecule has 1 aromatic heterocycles. The number of rotatable bonds is 2. The van der Waals surface area contributed by atoms with Gasteiger partial charge in [-0.2, -0.15) is 0 Å². The smallest absolute Gasteiger partial charge is 0.204 e. The van der Waals surface area contributed by atoms with Gasteiger partial charge < -0.3 is 50.0 Å². The molecule has 0 aliphatic carbocycles. The van der Waals surface area contributed by atoms with Crippen LogP contribution in [0.2, 0.25) is 0 Å². The highest BCUT2D eigenvalue weighted by atomic mass is 16.5. The molecule has 30 heavy (non-hydrogen) atoms. The lowest BCUT2D eigenvalue weighted by atomic mass is 9.89. The molecule has 0 unspecified atom stereocenters. The predicted octanol–water partition coefficient (Wildman–Crippen LogP) is -0.717. The first kappa shape index (κ1) is 20.2. The van der Waals surface area contributed by atoms with Gasteiger partial charge in [-0.15, -0.1) is 0 Å². The van der Waals surface area contributed by atoms with Crippen molar-refractivity contribution in [2.24, 2.45) is 0 Å². The van der Waals surface area contributed by atoms with E-state index in [0.717, 1.165) is 18.2 Å². The first-order chi connectivity index (χ1) is 14.1. The summed E-state index contributed by atoms with van der Waals surface area (Å²) in [6.07, 6.45) is -8.16. The summed E-state index contributed by atoms with van der Waals surface area (Å²) in [5.41, 5.74) is -1.66. The number of benzene rings is 2. The van der Waals surface area contributed by atoms with Gasteiger partial charge in [-0.1, -0.05) is 0 Å². The van der Waals surface area contributed by atoms with Gasteiger partial charge in [0.2, 0.25) is 5.43 Å². The van der Waals surface area contributed by atoms with Gasteiger partial charge in [0.1, 0.15) is 58.6 Å². The molecule has 8 N–H and O–H groups in total. The largest absolute Gasteiger partial charge is 0.507 e. The normalized spacial score (nSPS) is 27.0. The lowest BCUT2D eigenvalue weighted by Gasteiger charge is -2.40.